The van der Waals surface area contributed by atoms with Gasteiger partial charge < -0.3 is 10.1 Å². The highest BCUT2D eigenvalue weighted by molar-refractivity contribution is 5.82. The van der Waals surface area contributed by atoms with E-state index in [0.29, 0.717) is 5.56 Å². The Morgan fingerprint density at radius 1 is 1.36 bits per heavy atom. The fourth-order valence-electron chi connectivity index (χ4n) is 1.58. The minimum atomic E-state index is -0.623. The van der Waals surface area contributed by atoms with Crippen molar-refractivity contribution in [3.05, 3.63) is 46.2 Å². The monoisotopic (exact) mass is 189 g/mol. The number of aromatic amines is 1. The minimum Gasteiger partial charge on any atom is -0.389 e. The maximum Gasteiger partial charge on any atom is 0.248 e. The van der Waals surface area contributed by atoms with Gasteiger partial charge in [-0.2, -0.15) is 0 Å². The van der Waals surface area contributed by atoms with Crippen molar-refractivity contribution in [2.45, 2.75) is 13.0 Å². The first-order valence-corrected chi connectivity index (χ1v) is 4.48. The first-order valence-electron chi connectivity index (χ1n) is 4.48. The Hall–Kier alpha value is -1.61. The molecule has 0 aliphatic rings. The van der Waals surface area contributed by atoms with Crippen LogP contribution < -0.4 is 5.56 Å². The van der Waals surface area contributed by atoms with Gasteiger partial charge in [0.05, 0.1) is 6.10 Å². The van der Waals surface area contributed by atoms with Crippen LogP contribution in [-0.4, -0.2) is 10.1 Å². The van der Waals surface area contributed by atoms with Crippen molar-refractivity contribution in [2.75, 3.05) is 0 Å². The number of para-hydroxylation sites is 1. The van der Waals surface area contributed by atoms with Crippen LogP contribution in [-0.2, 0) is 0 Å². The fraction of sp³-hybridized carbons (Fsp3) is 0.182. The van der Waals surface area contributed by atoms with Crippen LogP contribution in [0.1, 0.15) is 18.6 Å². The molecular formula is C11H11NO2. The summed E-state index contributed by atoms with van der Waals surface area (Å²) in [4.78, 5) is 14.0. The first-order chi connectivity index (χ1) is 6.68. The zero-order chi connectivity index (χ0) is 10.1. The second-order valence-electron chi connectivity index (χ2n) is 3.31. The molecular weight excluding hydrogens is 178 g/mol. The van der Waals surface area contributed by atoms with Gasteiger partial charge in [-0.25, -0.2) is 0 Å². The lowest BCUT2D eigenvalue weighted by Gasteiger charge is -2.07. The molecule has 0 spiro atoms. The van der Waals surface area contributed by atoms with E-state index in [2.05, 4.69) is 4.98 Å². The van der Waals surface area contributed by atoms with Crippen molar-refractivity contribution in [3.8, 4) is 0 Å². The third kappa shape index (κ3) is 1.42. The van der Waals surface area contributed by atoms with Gasteiger partial charge in [-0.3, -0.25) is 4.79 Å². The van der Waals surface area contributed by atoms with Gasteiger partial charge in [0.25, 0.3) is 0 Å². The smallest absolute Gasteiger partial charge is 0.248 e. The number of aromatic nitrogens is 1. The largest absolute Gasteiger partial charge is 0.389 e. The Kier molecular flexibility index (Phi) is 2.09. The van der Waals surface area contributed by atoms with E-state index in [1.807, 2.05) is 24.3 Å². The van der Waals surface area contributed by atoms with Crippen molar-refractivity contribution >= 4 is 10.9 Å². The van der Waals surface area contributed by atoms with Gasteiger partial charge in [0, 0.05) is 17.0 Å². The van der Waals surface area contributed by atoms with Gasteiger partial charge in [-0.1, -0.05) is 18.2 Å². The maximum atomic E-state index is 11.2. The standard InChI is InChI=1S/C11H11NO2/c1-7(13)9-6-11(14)12-10-5-3-2-4-8(9)10/h2-7,13H,1H3,(H,12,14). The van der Waals surface area contributed by atoms with Gasteiger partial charge in [0.15, 0.2) is 0 Å². The topological polar surface area (TPSA) is 53.1 Å². The highest BCUT2D eigenvalue weighted by Gasteiger charge is 2.06. The van der Waals surface area contributed by atoms with E-state index in [4.69, 9.17) is 0 Å². The van der Waals surface area contributed by atoms with Crippen LogP contribution in [0.15, 0.2) is 35.1 Å². The number of rotatable bonds is 1. The highest BCUT2D eigenvalue weighted by Crippen LogP contribution is 2.20. The Balaban J connectivity index is 2.87. The molecule has 1 aromatic heterocycles. The van der Waals surface area contributed by atoms with Crippen LogP contribution in [0.2, 0.25) is 0 Å². The third-order valence-corrected chi connectivity index (χ3v) is 2.23. The molecule has 14 heavy (non-hydrogen) atoms. The Morgan fingerprint density at radius 3 is 2.79 bits per heavy atom. The maximum absolute atomic E-state index is 11.2. The Bertz CT molecular complexity index is 514. The lowest BCUT2D eigenvalue weighted by Crippen LogP contribution is -2.08. The quantitative estimate of drug-likeness (QED) is 0.715. The molecule has 0 radical (unpaired) electrons. The molecule has 3 nitrogen and oxygen atoms in total. The van der Waals surface area contributed by atoms with Crippen molar-refractivity contribution in [1.82, 2.24) is 4.98 Å². The lowest BCUT2D eigenvalue weighted by molar-refractivity contribution is 0.200. The van der Waals surface area contributed by atoms with Crippen LogP contribution in [0.25, 0.3) is 10.9 Å². The number of aliphatic hydroxyl groups is 1. The molecule has 2 rings (SSSR count). The van der Waals surface area contributed by atoms with E-state index in [0.717, 1.165) is 10.9 Å². The van der Waals surface area contributed by atoms with Gasteiger partial charge in [-0.05, 0) is 18.6 Å². The average Bonchev–Trinajstić information content (AvgIpc) is 2.16. The first kappa shape index (κ1) is 8.97. The number of fused-ring (bicyclic) bond motifs is 1. The van der Waals surface area contributed by atoms with E-state index in [9.17, 15) is 9.90 Å². The predicted molar refractivity (Wildman–Crippen MR) is 55.2 cm³/mol. The van der Waals surface area contributed by atoms with Crippen molar-refractivity contribution < 1.29 is 5.11 Å². The van der Waals surface area contributed by atoms with Crippen LogP contribution >= 0.6 is 0 Å². The molecule has 0 amide bonds. The van der Waals surface area contributed by atoms with E-state index >= 15 is 0 Å². The van der Waals surface area contributed by atoms with Crippen LogP contribution in [0, 0.1) is 0 Å². The molecule has 1 atom stereocenters. The number of aliphatic hydroxyl groups excluding tert-OH is 1. The SMILES string of the molecule is CC(O)c1cc(=O)[nH]c2ccccc12. The molecule has 0 saturated heterocycles. The normalized spacial score (nSPS) is 13.0. The molecule has 72 valence electrons. The molecule has 1 unspecified atom stereocenters. The molecule has 3 heteroatoms. The molecule has 0 saturated carbocycles. The van der Waals surface area contributed by atoms with E-state index in [-0.39, 0.29) is 5.56 Å². The molecule has 0 fully saturated rings. The zero-order valence-corrected chi connectivity index (χ0v) is 7.82. The summed E-state index contributed by atoms with van der Waals surface area (Å²) in [6, 6.07) is 8.87. The lowest BCUT2D eigenvalue weighted by atomic mass is 10.1. The molecule has 2 aromatic rings. The summed E-state index contributed by atoms with van der Waals surface area (Å²) in [5, 5.41) is 10.4. The van der Waals surface area contributed by atoms with Crippen LogP contribution in [0.4, 0.5) is 0 Å². The van der Waals surface area contributed by atoms with Crippen LogP contribution in [0.3, 0.4) is 0 Å². The Labute approximate surface area is 81.0 Å². The summed E-state index contributed by atoms with van der Waals surface area (Å²) in [5.41, 5.74) is 1.25. The number of pyridine rings is 1. The number of nitrogens with one attached hydrogen (secondary N) is 1. The summed E-state index contributed by atoms with van der Waals surface area (Å²) >= 11 is 0. The summed E-state index contributed by atoms with van der Waals surface area (Å²) < 4.78 is 0. The van der Waals surface area contributed by atoms with Crippen LogP contribution in [0.5, 0.6) is 0 Å². The van der Waals surface area contributed by atoms with E-state index in [1.54, 1.807) is 6.92 Å². The second-order valence-corrected chi connectivity index (χ2v) is 3.31. The van der Waals surface area contributed by atoms with E-state index in [1.165, 1.54) is 6.07 Å². The van der Waals surface area contributed by atoms with E-state index < -0.39 is 6.10 Å². The highest BCUT2D eigenvalue weighted by atomic mass is 16.3. The van der Waals surface area contributed by atoms with Gasteiger partial charge in [0.2, 0.25) is 5.56 Å². The zero-order valence-electron chi connectivity index (χ0n) is 7.82. The third-order valence-electron chi connectivity index (χ3n) is 2.23. The number of hydrogen-bond donors (Lipinski definition) is 2. The summed E-state index contributed by atoms with van der Waals surface area (Å²) in [5.74, 6) is 0. The molecule has 0 aliphatic carbocycles. The van der Waals surface area contributed by atoms with Gasteiger partial charge in [0.1, 0.15) is 0 Å². The summed E-state index contributed by atoms with van der Waals surface area (Å²) in [7, 11) is 0. The summed E-state index contributed by atoms with van der Waals surface area (Å²) in [6.07, 6.45) is -0.623. The minimum absolute atomic E-state index is 0.181. The average molecular weight is 189 g/mol. The summed E-state index contributed by atoms with van der Waals surface area (Å²) in [6.45, 7) is 1.65. The molecule has 0 aliphatic heterocycles. The predicted octanol–water partition coefficient (Wildman–Crippen LogP) is 1.58. The molecule has 0 bridgehead atoms. The van der Waals surface area contributed by atoms with Crippen molar-refractivity contribution in [3.63, 3.8) is 0 Å². The molecule has 1 heterocycles. The fourth-order valence-corrected chi connectivity index (χ4v) is 1.58. The van der Waals surface area contributed by atoms with Crippen molar-refractivity contribution in [2.24, 2.45) is 0 Å². The van der Waals surface area contributed by atoms with Gasteiger partial charge in [-0.15, -0.1) is 0 Å². The number of benzene rings is 1. The number of hydrogen-bond acceptors (Lipinski definition) is 2. The van der Waals surface area contributed by atoms with Gasteiger partial charge >= 0.3 is 0 Å². The second kappa shape index (κ2) is 3.27. The van der Waals surface area contributed by atoms with Crippen molar-refractivity contribution in [1.29, 1.82) is 0 Å². The molecule has 2 N–H and O–H groups in total. The number of H-pyrrole nitrogens is 1. The Morgan fingerprint density at radius 2 is 2.07 bits per heavy atom. The molecule has 1 aromatic carbocycles.